The van der Waals surface area contributed by atoms with Crippen molar-refractivity contribution in [2.24, 2.45) is 0 Å². The highest BCUT2D eigenvalue weighted by molar-refractivity contribution is 5.49. The van der Waals surface area contributed by atoms with E-state index in [0.717, 1.165) is 19.4 Å². The minimum absolute atomic E-state index is 0.103. The SMILES string of the molecule is CN(C)CCC(O)C1c2ccccc2Cc2ccccc21. The first kappa shape index (κ1) is 14.3. The molecule has 1 atom stereocenters. The highest BCUT2D eigenvalue weighted by Crippen LogP contribution is 2.39. The average Bonchev–Trinajstić information content (AvgIpc) is 2.50. The van der Waals surface area contributed by atoms with Crippen molar-refractivity contribution in [3.8, 4) is 0 Å². The highest BCUT2D eigenvalue weighted by atomic mass is 16.3. The van der Waals surface area contributed by atoms with Crippen molar-refractivity contribution in [1.82, 2.24) is 4.90 Å². The van der Waals surface area contributed by atoms with Crippen LogP contribution in [0.1, 0.15) is 34.6 Å². The van der Waals surface area contributed by atoms with E-state index in [4.69, 9.17) is 0 Å². The minimum atomic E-state index is -0.338. The normalized spacial score (nSPS) is 15.6. The smallest absolute Gasteiger partial charge is 0.0661 e. The Morgan fingerprint density at radius 2 is 1.52 bits per heavy atom. The molecule has 21 heavy (non-hydrogen) atoms. The van der Waals surface area contributed by atoms with E-state index in [-0.39, 0.29) is 12.0 Å². The summed E-state index contributed by atoms with van der Waals surface area (Å²) in [6, 6.07) is 17.1. The molecule has 1 aliphatic rings. The largest absolute Gasteiger partial charge is 0.392 e. The molecule has 0 saturated carbocycles. The van der Waals surface area contributed by atoms with Crippen LogP contribution in [0.15, 0.2) is 48.5 Å². The van der Waals surface area contributed by atoms with Gasteiger partial charge < -0.3 is 10.0 Å². The standard InChI is InChI=1S/C19H23NO/c1-20(2)12-11-18(21)19-16-9-5-3-7-14(16)13-15-8-4-6-10-17(15)19/h3-10,18-19,21H,11-13H2,1-2H3. The van der Waals surface area contributed by atoms with E-state index in [9.17, 15) is 5.11 Å². The number of rotatable bonds is 4. The Hall–Kier alpha value is -1.64. The van der Waals surface area contributed by atoms with Crippen LogP contribution >= 0.6 is 0 Å². The van der Waals surface area contributed by atoms with Crippen molar-refractivity contribution in [1.29, 1.82) is 0 Å². The lowest BCUT2D eigenvalue weighted by atomic mass is 9.75. The molecule has 2 aromatic carbocycles. The fourth-order valence-corrected chi connectivity index (χ4v) is 3.34. The molecule has 1 N–H and O–H groups in total. The van der Waals surface area contributed by atoms with Crippen molar-refractivity contribution in [2.45, 2.75) is 24.9 Å². The van der Waals surface area contributed by atoms with Crippen molar-refractivity contribution >= 4 is 0 Å². The van der Waals surface area contributed by atoms with E-state index in [1.165, 1.54) is 22.3 Å². The summed E-state index contributed by atoms with van der Waals surface area (Å²) in [5, 5.41) is 10.8. The maximum atomic E-state index is 10.8. The molecule has 3 rings (SSSR count). The summed E-state index contributed by atoms with van der Waals surface area (Å²) >= 11 is 0. The average molecular weight is 281 g/mol. The third-order valence-corrected chi connectivity index (χ3v) is 4.42. The summed E-state index contributed by atoms with van der Waals surface area (Å²) in [5.74, 6) is 0.103. The van der Waals surface area contributed by atoms with Crippen LogP contribution in [0.25, 0.3) is 0 Å². The van der Waals surface area contributed by atoms with Crippen LogP contribution in [0.2, 0.25) is 0 Å². The lowest BCUT2D eigenvalue weighted by molar-refractivity contribution is 0.134. The van der Waals surface area contributed by atoms with Crippen molar-refractivity contribution in [3.05, 3.63) is 70.8 Å². The number of hydrogen-bond donors (Lipinski definition) is 1. The Morgan fingerprint density at radius 1 is 1.00 bits per heavy atom. The van der Waals surface area contributed by atoms with Crippen molar-refractivity contribution in [2.75, 3.05) is 20.6 Å². The van der Waals surface area contributed by atoms with E-state index in [0.29, 0.717) is 0 Å². The Bertz CT molecular complexity index is 575. The third kappa shape index (κ3) is 2.87. The summed E-state index contributed by atoms with van der Waals surface area (Å²) in [6.45, 7) is 0.905. The van der Waals surface area contributed by atoms with Gasteiger partial charge in [-0.15, -0.1) is 0 Å². The van der Waals surface area contributed by atoms with Crippen LogP contribution < -0.4 is 0 Å². The molecule has 0 saturated heterocycles. The summed E-state index contributed by atoms with van der Waals surface area (Å²) in [7, 11) is 4.10. The fraction of sp³-hybridized carbons (Fsp3) is 0.368. The second-order valence-corrected chi connectivity index (χ2v) is 6.21. The molecule has 0 radical (unpaired) electrons. The molecule has 2 aromatic rings. The van der Waals surface area contributed by atoms with E-state index < -0.39 is 0 Å². The molecule has 2 heteroatoms. The first-order valence-electron chi connectivity index (χ1n) is 7.65. The number of aliphatic hydroxyl groups excluding tert-OH is 1. The number of aliphatic hydroxyl groups is 1. The molecule has 1 aliphatic carbocycles. The van der Waals surface area contributed by atoms with Crippen LogP contribution in [0, 0.1) is 0 Å². The van der Waals surface area contributed by atoms with Gasteiger partial charge in [-0.1, -0.05) is 48.5 Å². The Morgan fingerprint density at radius 3 is 2.05 bits per heavy atom. The summed E-state index contributed by atoms with van der Waals surface area (Å²) in [6.07, 6.45) is 1.43. The number of hydrogen-bond acceptors (Lipinski definition) is 2. The molecule has 0 aliphatic heterocycles. The predicted molar refractivity (Wildman–Crippen MR) is 86.7 cm³/mol. The number of fused-ring (bicyclic) bond motifs is 2. The number of nitrogens with zero attached hydrogens (tertiary/aromatic N) is 1. The molecular formula is C19H23NO. The molecule has 0 spiro atoms. The molecule has 110 valence electrons. The third-order valence-electron chi connectivity index (χ3n) is 4.42. The first-order valence-corrected chi connectivity index (χ1v) is 7.65. The van der Waals surface area contributed by atoms with Crippen LogP contribution in [0.4, 0.5) is 0 Å². The van der Waals surface area contributed by atoms with Crippen molar-refractivity contribution < 1.29 is 5.11 Å². The summed E-state index contributed by atoms with van der Waals surface area (Å²) < 4.78 is 0. The van der Waals surface area contributed by atoms with E-state index in [2.05, 4.69) is 67.5 Å². The second-order valence-electron chi connectivity index (χ2n) is 6.21. The topological polar surface area (TPSA) is 23.5 Å². The van der Waals surface area contributed by atoms with Crippen molar-refractivity contribution in [3.63, 3.8) is 0 Å². The van der Waals surface area contributed by atoms with Gasteiger partial charge in [0.05, 0.1) is 6.10 Å². The Kier molecular flexibility index (Phi) is 4.09. The van der Waals surface area contributed by atoms with Gasteiger partial charge in [-0.3, -0.25) is 0 Å². The molecule has 0 amide bonds. The van der Waals surface area contributed by atoms with Gasteiger partial charge in [0.25, 0.3) is 0 Å². The van der Waals surface area contributed by atoms with Gasteiger partial charge >= 0.3 is 0 Å². The zero-order chi connectivity index (χ0) is 14.8. The maximum Gasteiger partial charge on any atom is 0.0661 e. The predicted octanol–water partition coefficient (Wildman–Crippen LogP) is 3.04. The second kappa shape index (κ2) is 6.00. The summed E-state index contributed by atoms with van der Waals surface area (Å²) in [4.78, 5) is 2.13. The van der Waals surface area contributed by atoms with Gasteiger partial charge in [0.2, 0.25) is 0 Å². The zero-order valence-electron chi connectivity index (χ0n) is 12.8. The molecular weight excluding hydrogens is 258 g/mol. The molecule has 0 aromatic heterocycles. The van der Waals surface area contributed by atoms with Gasteiger partial charge in [-0.2, -0.15) is 0 Å². The van der Waals surface area contributed by atoms with Crippen LogP contribution in [0.5, 0.6) is 0 Å². The maximum absolute atomic E-state index is 10.8. The van der Waals surface area contributed by atoms with Gasteiger partial charge in [0, 0.05) is 12.5 Å². The van der Waals surface area contributed by atoms with Gasteiger partial charge in [0.1, 0.15) is 0 Å². The lowest BCUT2D eigenvalue weighted by Crippen LogP contribution is -2.28. The fourth-order valence-electron chi connectivity index (χ4n) is 3.34. The molecule has 0 heterocycles. The van der Waals surface area contributed by atoms with Crippen LogP contribution in [0.3, 0.4) is 0 Å². The minimum Gasteiger partial charge on any atom is -0.392 e. The molecule has 1 unspecified atom stereocenters. The van der Waals surface area contributed by atoms with Crippen LogP contribution in [-0.4, -0.2) is 36.8 Å². The lowest BCUT2D eigenvalue weighted by Gasteiger charge is -2.32. The van der Waals surface area contributed by atoms with E-state index in [1.807, 2.05) is 0 Å². The number of benzene rings is 2. The van der Waals surface area contributed by atoms with Gasteiger partial charge in [-0.05, 0) is 49.2 Å². The van der Waals surface area contributed by atoms with Crippen LogP contribution in [-0.2, 0) is 6.42 Å². The van der Waals surface area contributed by atoms with Gasteiger partial charge in [0.15, 0.2) is 0 Å². The Balaban J connectivity index is 1.98. The molecule has 0 bridgehead atoms. The first-order chi connectivity index (χ1) is 10.2. The Labute approximate surface area is 127 Å². The quantitative estimate of drug-likeness (QED) is 0.931. The van der Waals surface area contributed by atoms with E-state index >= 15 is 0 Å². The van der Waals surface area contributed by atoms with Gasteiger partial charge in [-0.25, -0.2) is 0 Å². The van der Waals surface area contributed by atoms with E-state index in [1.54, 1.807) is 0 Å². The monoisotopic (exact) mass is 281 g/mol. The highest BCUT2D eigenvalue weighted by Gasteiger charge is 2.30. The zero-order valence-corrected chi connectivity index (χ0v) is 12.8. The molecule has 0 fully saturated rings. The summed E-state index contributed by atoms with van der Waals surface area (Å²) in [5.41, 5.74) is 5.29. The molecule has 2 nitrogen and oxygen atoms in total.